The van der Waals surface area contributed by atoms with Crippen molar-refractivity contribution in [2.24, 2.45) is 11.8 Å². The van der Waals surface area contributed by atoms with Gasteiger partial charge in [-0.25, -0.2) is 10.8 Å². The number of likely N-dealkylation sites (tertiary alicyclic amines) is 1. The van der Waals surface area contributed by atoms with Gasteiger partial charge in [-0.2, -0.15) is 4.98 Å². The van der Waals surface area contributed by atoms with Crippen LogP contribution in [0.5, 0.6) is 0 Å². The third-order valence-corrected chi connectivity index (χ3v) is 3.46. The molecule has 100 valence electrons. The summed E-state index contributed by atoms with van der Waals surface area (Å²) < 4.78 is 0. The summed E-state index contributed by atoms with van der Waals surface area (Å²) in [5.74, 6) is 7.48. The molecule has 18 heavy (non-hydrogen) atoms. The van der Waals surface area contributed by atoms with Crippen LogP contribution in [0.4, 0.5) is 11.8 Å². The molecule has 2 heterocycles. The van der Waals surface area contributed by atoms with Crippen molar-refractivity contribution in [3.05, 3.63) is 11.8 Å². The highest BCUT2D eigenvalue weighted by Crippen LogP contribution is 2.21. The second-order valence-electron chi connectivity index (χ2n) is 5.14. The fourth-order valence-corrected chi connectivity index (χ4v) is 2.54. The second-order valence-corrected chi connectivity index (χ2v) is 5.14. The molecule has 6 heteroatoms. The van der Waals surface area contributed by atoms with E-state index in [2.05, 4.69) is 39.3 Å². The summed E-state index contributed by atoms with van der Waals surface area (Å²) in [6.45, 7) is 5.40. The molecule has 1 saturated heterocycles. The first kappa shape index (κ1) is 13.0. The SMILES string of the molecule is Cc1cnc(NN)nc1N(C)CC1CCN(C)C1. The Kier molecular flexibility index (Phi) is 3.98. The van der Waals surface area contributed by atoms with E-state index in [1.807, 2.05) is 6.92 Å². The second kappa shape index (κ2) is 5.49. The summed E-state index contributed by atoms with van der Waals surface area (Å²) in [4.78, 5) is 13.1. The Labute approximate surface area is 108 Å². The van der Waals surface area contributed by atoms with Gasteiger partial charge in [0.2, 0.25) is 5.95 Å². The van der Waals surface area contributed by atoms with Crippen molar-refractivity contribution < 1.29 is 0 Å². The van der Waals surface area contributed by atoms with Crippen LogP contribution in [-0.2, 0) is 0 Å². The summed E-state index contributed by atoms with van der Waals surface area (Å²) in [5, 5.41) is 0. The highest BCUT2D eigenvalue weighted by molar-refractivity contribution is 5.48. The number of aryl methyl sites for hydroxylation is 1. The number of rotatable bonds is 4. The van der Waals surface area contributed by atoms with Crippen LogP contribution < -0.4 is 16.2 Å². The molecule has 0 radical (unpaired) electrons. The lowest BCUT2D eigenvalue weighted by molar-refractivity contribution is 0.395. The number of hydrogen-bond acceptors (Lipinski definition) is 6. The lowest BCUT2D eigenvalue weighted by atomic mass is 10.1. The summed E-state index contributed by atoms with van der Waals surface area (Å²) in [6, 6.07) is 0. The molecular weight excluding hydrogens is 228 g/mol. The van der Waals surface area contributed by atoms with Gasteiger partial charge in [0.1, 0.15) is 5.82 Å². The third-order valence-electron chi connectivity index (χ3n) is 3.46. The van der Waals surface area contributed by atoms with E-state index >= 15 is 0 Å². The first-order valence-corrected chi connectivity index (χ1v) is 6.30. The predicted octanol–water partition coefficient (Wildman–Crippen LogP) is 0.459. The normalized spacial score (nSPS) is 20.1. The van der Waals surface area contributed by atoms with E-state index in [-0.39, 0.29) is 0 Å². The molecule has 1 atom stereocenters. The summed E-state index contributed by atoms with van der Waals surface area (Å²) >= 11 is 0. The van der Waals surface area contributed by atoms with Crippen LogP contribution in [-0.4, -0.2) is 48.6 Å². The van der Waals surface area contributed by atoms with Gasteiger partial charge >= 0.3 is 0 Å². The Hall–Kier alpha value is -1.40. The zero-order valence-corrected chi connectivity index (χ0v) is 11.3. The number of hydrogen-bond donors (Lipinski definition) is 2. The van der Waals surface area contributed by atoms with Crippen LogP contribution in [0.2, 0.25) is 0 Å². The van der Waals surface area contributed by atoms with Crippen LogP contribution in [0.15, 0.2) is 6.20 Å². The molecule has 1 aliphatic heterocycles. The van der Waals surface area contributed by atoms with Crippen molar-refractivity contribution in [3.8, 4) is 0 Å². The highest BCUT2D eigenvalue weighted by atomic mass is 15.3. The number of nitrogens with two attached hydrogens (primary N) is 1. The van der Waals surface area contributed by atoms with Gasteiger partial charge in [-0.05, 0) is 32.9 Å². The quantitative estimate of drug-likeness (QED) is 0.597. The first-order valence-electron chi connectivity index (χ1n) is 6.30. The molecule has 3 N–H and O–H groups in total. The third kappa shape index (κ3) is 2.88. The summed E-state index contributed by atoms with van der Waals surface area (Å²) in [7, 11) is 4.25. The Morgan fingerprint density at radius 1 is 1.61 bits per heavy atom. The molecule has 1 unspecified atom stereocenters. The smallest absolute Gasteiger partial charge is 0.239 e. The van der Waals surface area contributed by atoms with Gasteiger partial charge in [0.05, 0.1) is 0 Å². The molecule has 0 amide bonds. The molecule has 0 aliphatic carbocycles. The number of aromatic nitrogens is 2. The molecule has 1 aromatic heterocycles. The van der Waals surface area contributed by atoms with Crippen molar-refractivity contribution in [2.75, 3.05) is 44.1 Å². The topological polar surface area (TPSA) is 70.3 Å². The largest absolute Gasteiger partial charge is 0.359 e. The molecule has 0 saturated carbocycles. The summed E-state index contributed by atoms with van der Waals surface area (Å²) in [5.41, 5.74) is 3.57. The minimum absolute atomic E-state index is 0.464. The van der Waals surface area contributed by atoms with Crippen LogP contribution in [0, 0.1) is 12.8 Å². The number of hydrazine groups is 1. The van der Waals surface area contributed by atoms with Crippen molar-refractivity contribution in [1.82, 2.24) is 14.9 Å². The van der Waals surface area contributed by atoms with Gasteiger partial charge in [0, 0.05) is 31.9 Å². The Morgan fingerprint density at radius 3 is 3.00 bits per heavy atom. The molecule has 2 rings (SSSR count). The summed E-state index contributed by atoms with van der Waals surface area (Å²) in [6.07, 6.45) is 3.06. The van der Waals surface area contributed by atoms with Gasteiger partial charge in [0.25, 0.3) is 0 Å². The molecular formula is C12H22N6. The van der Waals surface area contributed by atoms with Gasteiger partial charge < -0.3 is 9.80 Å². The molecule has 1 aromatic rings. The first-order chi connectivity index (χ1) is 8.60. The van der Waals surface area contributed by atoms with E-state index in [1.165, 1.54) is 13.0 Å². The molecule has 1 aliphatic rings. The Bertz CT molecular complexity index is 408. The predicted molar refractivity (Wildman–Crippen MR) is 73.5 cm³/mol. The fourth-order valence-electron chi connectivity index (χ4n) is 2.54. The molecule has 1 fully saturated rings. The zero-order chi connectivity index (χ0) is 13.1. The van der Waals surface area contributed by atoms with Gasteiger partial charge in [-0.1, -0.05) is 0 Å². The standard InChI is InChI=1S/C12H22N6/c1-9-6-14-12(16-13)15-11(9)18(3)8-10-4-5-17(2)7-10/h6,10H,4-5,7-8,13H2,1-3H3,(H,14,15,16). The molecule has 0 aromatic carbocycles. The number of nitrogen functional groups attached to an aromatic ring is 1. The molecule has 0 bridgehead atoms. The minimum Gasteiger partial charge on any atom is -0.359 e. The zero-order valence-electron chi connectivity index (χ0n) is 11.3. The van der Waals surface area contributed by atoms with E-state index < -0.39 is 0 Å². The highest BCUT2D eigenvalue weighted by Gasteiger charge is 2.21. The van der Waals surface area contributed by atoms with Crippen LogP contribution >= 0.6 is 0 Å². The monoisotopic (exact) mass is 250 g/mol. The molecule has 0 spiro atoms. The lowest BCUT2D eigenvalue weighted by Gasteiger charge is -2.23. The van der Waals surface area contributed by atoms with E-state index in [0.29, 0.717) is 11.9 Å². The van der Waals surface area contributed by atoms with Gasteiger partial charge in [-0.15, -0.1) is 0 Å². The van der Waals surface area contributed by atoms with Crippen LogP contribution in [0.1, 0.15) is 12.0 Å². The van der Waals surface area contributed by atoms with Gasteiger partial charge in [0.15, 0.2) is 0 Å². The number of nitrogens with zero attached hydrogens (tertiary/aromatic N) is 4. The van der Waals surface area contributed by atoms with E-state index in [9.17, 15) is 0 Å². The number of anilines is 2. The Balaban J connectivity index is 2.05. The van der Waals surface area contributed by atoms with E-state index in [4.69, 9.17) is 5.84 Å². The lowest BCUT2D eigenvalue weighted by Crippen LogP contribution is -2.29. The van der Waals surface area contributed by atoms with Crippen molar-refractivity contribution >= 4 is 11.8 Å². The average Bonchev–Trinajstić information content (AvgIpc) is 2.75. The van der Waals surface area contributed by atoms with Crippen molar-refractivity contribution in [1.29, 1.82) is 0 Å². The maximum Gasteiger partial charge on any atom is 0.239 e. The van der Waals surface area contributed by atoms with Crippen LogP contribution in [0.3, 0.4) is 0 Å². The van der Waals surface area contributed by atoms with Crippen molar-refractivity contribution in [2.45, 2.75) is 13.3 Å². The van der Waals surface area contributed by atoms with E-state index in [0.717, 1.165) is 24.5 Å². The van der Waals surface area contributed by atoms with Crippen LogP contribution in [0.25, 0.3) is 0 Å². The van der Waals surface area contributed by atoms with Crippen molar-refractivity contribution in [3.63, 3.8) is 0 Å². The van der Waals surface area contributed by atoms with Gasteiger partial charge in [-0.3, -0.25) is 5.43 Å². The molecule has 6 nitrogen and oxygen atoms in total. The maximum absolute atomic E-state index is 5.35. The number of nitrogens with one attached hydrogen (secondary N) is 1. The fraction of sp³-hybridized carbons (Fsp3) is 0.667. The Morgan fingerprint density at radius 2 is 2.39 bits per heavy atom. The maximum atomic E-state index is 5.35. The van der Waals surface area contributed by atoms with E-state index in [1.54, 1.807) is 6.20 Å². The minimum atomic E-state index is 0.464. The average molecular weight is 250 g/mol.